The first-order valence-electron chi connectivity index (χ1n) is 32.1. The predicted octanol–water partition coefficient (Wildman–Crippen LogP) is 12.4. The number of aryl methyl sites for hydroxylation is 2. The van der Waals surface area contributed by atoms with E-state index >= 15 is 0 Å². The molecule has 5 aromatic rings. The normalized spacial score (nSPS) is 35.9. The van der Waals surface area contributed by atoms with Crippen molar-refractivity contribution < 1.29 is 37.7 Å². The standard InChI is InChI=1S/C38H44ClN3O4S.C34H43ClN2O4S/c1-25-8-6-18-38(44,35-10-4-5-19-40-35)32-14-11-29(32)22-42-23-37(17-7-9-27-20-30(39)13-15-31(27)37)24-46-34-16-12-28(21-33(34)42)36(43)41-47(3,45)26(25)2;1-22-7-5-15-33(3,39)28-12-9-26(28)19-37-20-34(16-6-8-24-17-27(35)11-13-29(24)34)21-41-31-14-10-25(18-30(31)37)32(38)36-42(4,40)23(22)2/h4-6,10,12-13,15-16,18-21,25-26,29,32,44H,3,7-9,11,14,17,22-24H2,1-2H3,(H,41,43,45);5,10-11,13-15,17-18,22-23,26,28,39H,4,6-9,12,16,19-21H2,1-3H3,(H,36,38,40)/b18-6+;15-5+/t25-,26+,29-,32+,37-,38-,47?;22-,23+,26-,28+,33+,34-,42?/m00/s1. The van der Waals surface area contributed by atoms with Crippen LogP contribution in [0.2, 0.25) is 10.0 Å². The number of amides is 2. The summed E-state index contributed by atoms with van der Waals surface area (Å²) in [6.07, 6.45) is 20.7. The van der Waals surface area contributed by atoms with Gasteiger partial charge in [-0.05, 0) is 234 Å². The van der Waals surface area contributed by atoms with Gasteiger partial charge >= 0.3 is 0 Å². The molecule has 2 amide bonds. The van der Waals surface area contributed by atoms with E-state index < -0.39 is 41.8 Å². The van der Waals surface area contributed by atoms with Crippen molar-refractivity contribution in [2.45, 2.75) is 144 Å². The van der Waals surface area contributed by atoms with Crippen molar-refractivity contribution in [2.24, 2.45) is 35.5 Å². The molecule has 5 heterocycles. The molecule has 1 aromatic heterocycles. The molecular formula is C72H87Cl2N5O8S2. The van der Waals surface area contributed by atoms with Crippen molar-refractivity contribution in [3.63, 3.8) is 0 Å². The highest BCUT2D eigenvalue weighted by Crippen LogP contribution is 2.52. The smallest absolute Gasteiger partial charge is 0.262 e. The van der Waals surface area contributed by atoms with E-state index in [4.69, 9.17) is 32.7 Å². The maximum atomic E-state index is 13.8. The first-order chi connectivity index (χ1) is 42.4. The van der Waals surface area contributed by atoms with Crippen LogP contribution in [0.4, 0.5) is 11.4 Å². The van der Waals surface area contributed by atoms with Gasteiger partial charge in [0.05, 0.1) is 55.3 Å². The summed E-state index contributed by atoms with van der Waals surface area (Å²) in [6.45, 7) is 13.6. The number of carbonyl (C=O) groups excluding carboxylic acids is 2. The number of fused-ring (bicyclic) bond motifs is 8. The molecule has 4 aromatic carbocycles. The van der Waals surface area contributed by atoms with Gasteiger partial charge in [0, 0.05) is 80.8 Å². The largest absolute Gasteiger partial charge is 0.490 e. The van der Waals surface area contributed by atoms with E-state index in [9.17, 15) is 28.2 Å². The van der Waals surface area contributed by atoms with Crippen LogP contribution in [0.5, 0.6) is 11.5 Å². The van der Waals surface area contributed by atoms with Crippen LogP contribution in [-0.4, -0.2) is 103 Å². The van der Waals surface area contributed by atoms with Gasteiger partial charge in [-0.25, -0.2) is 8.42 Å². The highest BCUT2D eigenvalue weighted by atomic mass is 35.5. The zero-order valence-electron chi connectivity index (χ0n) is 52.1. The topological polar surface area (TPSA) is 171 Å². The van der Waals surface area contributed by atoms with Gasteiger partial charge in [0.25, 0.3) is 11.8 Å². The lowest BCUT2D eigenvalue weighted by molar-refractivity contribution is -0.0529. The lowest BCUT2D eigenvalue weighted by atomic mass is 9.63. The van der Waals surface area contributed by atoms with Crippen molar-refractivity contribution in [3.8, 4) is 11.5 Å². The predicted molar refractivity (Wildman–Crippen MR) is 362 cm³/mol. The summed E-state index contributed by atoms with van der Waals surface area (Å²) < 4.78 is 46.3. The number of benzene rings is 4. The van der Waals surface area contributed by atoms with Crippen molar-refractivity contribution in [1.29, 1.82) is 0 Å². The summed E-state index contributed by atoms with van der Waals surface area (Å²) in [6, 6.07) is 29.2. The molecule has 0 saturated heterocycles. The van der Waals surface area contributed by atoms with Gasteiger partial charge in [-0.2, -0.15) is 0 Å². The van der Waals surface area contributed by atoms with Gasteiger partial charge in [0.15, 0.2) is 0 Å². The number of nitrogens with one attached hydrogen (secondary N) is 2. The molecule has 2 unspecified atom stereocenters. The lowest BCUT2D eigenvalue weighted by Crippen LogP contribution is -2.51. The maximum Gasteiger partial charge on any atom is 0.262 e. The number of anilines is 2. The fourth-order valence-corrected chi connectivity index (χ4v) is 19.2. The first kappa shape index (κ1) is 63.3. The molecule has 2 spiro atoms. The summed E-state index contributed by atoms with van der Waals surface area (Å²) in [4.78, 5) is 36.6. The number of hydrogen-bond acceptors (Lipinski definition) is 11. The molecule has 4 aliphatic heterocycles. The second-order valence-corrected chi connectivity index (χ2v) is 33.4. The molecule has 2 fully saturated rings. The quantitative estimate of drug-likeness (QED) is 0.0930. The zero-order chi connectivity index (χ0) is 62.8. The maximum absolute atomic E-state index is 13.8. The van der Waals surface area contributed by atoms with Gasteiger partial charge in [-0.3, -0.25) is 24.0 Å². The van der Waals surface area contributed by atoms with E-state index in [1.54, 1.807) is 18.3 Å². The summed E-state index contributed by atoms with van der Waals surface area (Å²) in [5, 5.41) is 24.9. The van der Waals surface area contributed by atoms with Crippen LogP contribution in [0.1, 0.15) is 147 Å². The third-order valence-electron chi connectivity index (χ3n) is 21.9. The molecule has 8 aliphatic rings. The SMILES string of the molecule is C=S1(=O)NC(=O)c2ccc3c(c2)N(C[C@@H]2CC[C@H]2[C@](C)(O)/C=C/C[C@H](C)[C@H]1C)C[C@@]1(CCCc2cc(Cl)ccc21)CO3.C=S1(=O)NC(=O)c2ccc3c(c2)N(C[C@@H]2CC[C@H]2[C@](O)(c2ccccn2)/C=C/C[C@H](C)[C@H]1C)C[C@@]1(CCCc2cc(Cl)ccc21)CO3. The Morgan fingerprint density at radius 2 is 1.11 bits per heavy atom. The second-order valence-electron chi connectivity index (χ2n) is 27.7. The van der Waals surface area contributed by atoms with Gasteiger partial charge in [0.2, 0.25) is 0 Å². The Hall–Kier alpha value is -5.81. The fourth-order valence-electron chi connectivity index (χ4n) is 15.9. The van der Waals surface area contributed by atoms with E-state index in [0.717, 1.165) is 104 Å². The summed E-state index contributed by atoms with van der Waals surface area (Å²) >= 11 is 12.9. The number of allylic oxidation sites excluding steroid dienone is 2. The molecule has 4 aliphatic carbocycles. The van der Waals surface area contributed by atoms with E-state index in [1.807, 2.05) is 114 Å². The molecule has 474 valence electrons. The Balaban J connectivity index is 0.000000174. The average Bonchev–Trinajstić information content (AvgIpc) is 1.79. The fraction of sp³-hybridized carbons (Fsp3) is 0.486. The molecule has 2 saturated carbocycles. The number of ether oxygens (including phenoxy) is 2. The molecule has 89 heavy (non-hydrogen) atoms. The van der Waals surface area contributed by atoms with Crippen LogP contribution in [0.15, 0.2) is 121 Å². The molecular weight excluding hydrogens is 1200 g/mol. The molecule has 13 rings (SSSR count). The van der Waals surface area contributed by atoms with Crippen molar-refractivity contribution in [3.05, 3.63) is 171 Å². The van der Waals surface area contributed by atoms with E-state index in [1.165, 1.54) is 22.3 Å². The molecule has 17 heteroatoms. The number of aromatic nitrogens is 1. The van der Waals surface area contributed by atoms with E-state index in [0.29, 0.717) is 67.6 Å². The molecule has 4 N–H and O–H groups in total. The van der Waals surface area contributed by atoms with E-state index in [2.05, 4.69) is 60.2 Å². The minimum atomic E-state index is -2.99. The highest BCUT2D eigenvalue weighted by molar-refractivity contribution is 7.99. The Kier molecular flexibility index (Phi) is 17.6. The third-order valence-corrected chi connectivity index (χ3v) is 26.8. The summed E-state index contributed by atoms with van der Waals surface area (Å²) in [5.41, 5.74) is 5.59. The average molecular weight is 1290 g/mol. The third kappa shape index (κ3) is 12.4. The van der Waals surface area contributed by atoms with Crippen LogP contribution in [0.3, 0.4) is 0 Å². The summed E-state index contributed by atoms with van der Waals surface area (Å²) in [5.74, 6) is 9.08. The number of nitrogens with zero attached hydrogens (tertiary/aromatic N) is 3. The second kappa shape index (κ2) is 24.7. The highest BCUT2D eigenvalue weighted by Gasteiger charge is 2.51. The number of hydrogen-bond donors (Lipinski definition) is 4. The Bertz CT molecular complexity index is 3820. The zero-order valence-corrected chi connectivity index (χ0v) is 55.2. The Morgan fingerprint density at radius 3 is 1.57 bits per heavy atom. The number of rotatable bonds is 1. The van der Waals surface area contributed by atoms with Gasteiger partial charge in [-0.1, -0.05) is 79.6 Å². The minimum absolute atomic E-state index is 0.00724. The van der Waals surface area contributed by atoms with Crippen LogP contribution < -0.4 is 28.7 Å². The molecule has 4 bridgehead atoms. The number of carbonyl (C=O) groups is 2. The number of pyridine rings is 1. The van der Waals surface area contributed by atoms with Gasteiger partial charge in [-0.15, -0.1) is 0 Å². The van der Waals surface area contributed by atoms with Gasteiger partial charge < -0.3 is 29.5 Å². The Labute approximate surface area is 537 Å². The monoisotopic (exact) mass is 1280 g/mol. The number of aliphatic hydroxyl groups is 2. The van der Waals surface area contributed by atoms with Crippen LogP contribution in [0, 0.1) is 35.5 Å². The van der Waals surface area contributed by atoms with Crippen molar-refractivity contribution >= 4 is 77.5 Å². The van der Waals surface area contributed by atoms with Crippen LogP contribution >= 0.6 is 23.2 Å². The van der Waals surface area contributed by atoms with Crippen molar-refractivity contribution in [2.75, 3.05) is 49.2 Å². The van der Waals surface area contributed by atoms with Gasteiger partial charge in [0.1, 0.15) is 17.1 Å². The van der Waals surface area contributed by atoms with Crippen molar-refractivity contribution in [1.82, 2.24) is 14.4 Å². The molecule has 13 nitrogen and oxygen atoms in total. The lowest BCUT2D eigenvalue weighted by Gasteiger charge is -2.49. The first-order valence-corrected chi connectivity index (χ1v) is 36.4. The van der Waals surface area contributed by atoms with Crippen LogP contribution in [-0.2, 0) is 48.7 Å². The van der Waals surface area contributed by atoms with Crippen LogP contribution in [0.25, 0.3) is 0 Å². The molecule has 0 radical (unpaired) electrons. The minimum Gasteiger partial charge on any atom is -0.490 e. The molecule has 14 atom stereocenters. The van der Waals surface area contributed by atoms with E-state index in [-0.39, 0.29) is 51.6 Å². The summed E-state index contributed by atoms with van der Waals surface area (Å²) in [7, 11) is -5.92. The number of halogens is 2. The Morgan fingerprint density at radius 1 is 0.629 bits per heavy atom.